The fourth-order valence-corrected chi connectivity index (χ4v) is 5.00. The molecule has 0 saturated carbocycles. The van der Waals surface area contributed by atoms with E-state index in [0.717, 1.165) is 6.26 Å². The molecule has 0 aromatic heterocycles. The van der Waals surface area contributed by atoms with E-state index in [9.17, 15) is 18.3 Å². The summed E-state index contributed by atoms with van der Waals surface area (Å²) in [5.41, 5.74) is 0. The Bertz CT molecular complexity index is 551. The van der Waals surface area contributed by atoms with Crippen LogP contribution in [0, 0.1) is 0 Å². The number of hydrogen-bond donors (Lipinski definition) is 1. The standard InChI is InChI=1S/C13H28O8SSi2/c1-22(16,17)19-10-9(8-14)18-13(15)12(21-24(5,6)7)11(10)20-23(2,3)4/h9-12,14H,8H2,1-7H3/t9?,10-,11?,12-/m1/s1. The smallest absolute Gasteiger partial charge is 0.337 e. The molecule has 0 radical (unpaired) electrons. The van der Waals surface area contributed by atoms with Crippen LogP contribution in [0.2, 0.25) is 39.3 Å². The van der Waals surface area contributed by atoms with Crippen LogP contribution in [0.25, 0.3) is 0 Å². The van der Waals surface area contributed by atoms with Gasteiger partial charge in [-0.25, -0.2) is 4.79 Å². The predicted molar refractivity (Wildman–Crippen MR) is 93.1 cm³/mol. The number of cyclic esters (lactones) is 1. The van der Waals surface area contributed by atoms with Gasteiger partial charge in [0.25, 0.3) is 10.1 Å². The van der Waals surface area contributed by atoms with Crippen LogP contribution in [0.5, 0.6) is 0 Å². The summed E-state index contributed by atoms with van der Waals surface area (Å²) in [6.07, 6.45) is -3.43. The van der Waals surface area contributed by atoms with Gasteiger partial charge in [0.1, 0.15) is 12.2 Å². The number of aliphatic hydroxyl groups is 1. The number of aliphatic hydroxyl groups excluding tert-OH is 1. The average molecular weight is 401 g/mol. The quantitative estimate of drug-likeness (QED) is 0.378. The summed E-state index contributed by atoms with van der Waals surface area (Å²) < 4.78 is 45.4. The van der Waals surface area contributed by atoms with Crippen LogP contribution < -0.4 is 0 Å². The van der Waals surface area contributed by atoms with Crippen LogP contribution in [0.1, 0.15) is 0 Å². The lowest BCUT2D eigenvalue weighted by molar-refractivity contribution is -0.197. The van der Waals surface area contributed by atoms with Gasteiger partial charge in [0.15, 0.2) is 28.8 Å². The Morgan fingerprint density at radius 1 is 1.04 bits per heavy atom. The van der Waals surface area contributed by atoms with Gasteiger partial charge in [0.2, 0.25) is 0 Å². The van der Waals surface area contributed by atoms with E-state index in [-0.39, 0.29) is 0 Å². The summed E-state index contributed by atoms with van der Waals surface area (Å²) in [5, 5.41) is 9.48. The summed E-state index contributed by atoms with van der Waals surface area (Å²) in [7, 11) is -8.19. The summed E-state index contributed by atoms with van der Waals surface area (Å²) in [6.45, 7) is 10.8. The van der Waals surface area contributed by atoms with Crippen molar-refractivity contribution >= 4 is 32.7 Å². The van der Waals surface area contributed by atoms with Gasteiger partial charge in [0, 0.05) is 0 Å². The maximum atomic E-state index is 12.3. The van der Waals surface area contributed by atoms with Gasteiger partial charge >= 0.3 is 5.97 Å². The molecule has 0 bridgehead atoms. The van der Waals surface area contributed by atoms with Crippen molar-refractivity contribution in [3.05, 3.63) is 0 Å². The highest BCUT2D eigenvalue weighted by molar-refractivity contribution is 7.86. The highest BCUT2D eigenvalue weighted by Gasteiger charge is 2.51. The zero-order chi connectivity index (χ0) is 18.9. The molecule has 24 heavy (non-hydrogen) atoms. The van der Waals surface area contributed by atoms with E-state index >= 15 is 0 Å². The fourth-order valence-electron chi connectivity index (χ4n) is 2.29. The largest absolute Gasteiger partial charge is 0.455 e. The van der Waals surface area contributed by atoms with Crippen molar-refractivity contribution in [3.63, 3.8) is 0 Å². The highest BCUT2D eigenvalue weighted by atomic mass is 32.2. The van der Waals surface area contributed by atoms with Crippen molar-refractivity contribution in [2.75, 3.05) is 12.9 Å². The highest BCUT2D eigenvalue weighted by Crippen LogP contribution is 2.29. The van der Waals surface area contributed by atoms with Gasteiger partial charge in [-0.2, -0.15) is 8.42 Å². The molecule has 1 fully saturated rings. The Labute approximate surface area is 145 Å². The fraction of sp³-hybridized carbons (Fsp3) is 0.923. The van der Waals surface area contributed by atoms with E-state index in [2.05, 4.69) is 0 Å². The first kappa shape index (κ1) is 21.7. The first-order chi connectivity index (χ1) is 10.6. The zero-order valence-corrected chi connectivity index (χ0v) is 18.0. The lowest BCUT2D eigenvalue weighted by Gasteiger charge is -2.43. The minimum absolute atomic E-state index is 0.572. The van der Waals surface area contributed by atoms with E-state index in [0.29, 0.717) is 0 Å². The lowest BCUT2D eigenvalue weighted by Crippen LogP contribution is -2.63. The molecule has 4 atom stereocenters. The molecule has 1 aliphatic heterocycles. The van der Waals surface area contributed by atoms with Crippen LogP contribution in [0.15, 0.2) is 0 Å². The molecule has 1 heterocycles. The summed E-state index contributed by atoms with van der Waals surface area (Å²) >= 11 is 0. The van der Waals surface area contributed by atoms with E-state index in [1.807, 2.05) is 39.3 Å². The summed E-state index contributed by atoms with van der Waals surface area (Å²) in [4.78, 5) is 12.3. The van der Waals surface area contributed by atoms with E-state index < -0.39 is 63.7 Å². The molecule has 1 rings (SSSR count). The van der Waals surface area contributed by atoms with Crippen LogP contribution in [-0.4, -0.2) is 73.4 Å². The second kappa shape index (κ2) is 7.52. The van der Waals surface area contributed by atoms with Crippen molar-refractivity contribution in [2.24, 2.45) is 0 Å². The predicted octanol–water partition coefficient (Wildman–Crippen LogP) is 0.689. The molecule has 0 aliphatic carbocycles. The maximum absolute atomic E-state index is 12.3. The third-order valence-corrected chi connectivity index (χ3v) is 5.44. The van der Waals surface area contributed by atoms with Gasteiger partial charge in [-0.3, -0.25) is 4.18 Å². The molecule has 0 spiro atoms. The molecular formula is C13H28O8SSi2. The first-order valence-corrected chi connectivity index (χ1v) is 16.3. The molecule has 0 aromatic rings. The normalized spacial score (nSPS) is 29.4. The Kier molecular flexibility index (Phi) is 6.81. The third-order valence-electron chi connectivity index (χ3n) is 2.92. The molecule has 1 aliphatic rings. The monoisotopic (exact) mass is 400 g/mol. The number of ether oxygens (including phenoxy) is 1. The van der Waals surface area contributed by atoms with E-state index in [4.69, 9.17) is 17.8 Å². The molecule has 1 N–H and O–H groups in total. The van der Waals surface area contributed by atoms with Crippen molar-refractivity contribution < 1.29 is 36.1 Å². The van der Waals surface area contributed by atoms with Crippen LogP contribution in [0.4, 0.5) is 0 Å². The van der Waals surface area contributed by atoms with Crippen molar-refractivity contribution in [1.82, 2.24) is 0 Å². The average Bonchev–Trinajstić information content (AvgIpc) is 2.32. The molecule has 11 heteroatoms. The van der Waals surface area contributed by atoms with Crippen molar-refractivity contribution in [3.8, 4) is 0 Å². The zero-order valence-electron chi connectivity index (χ0n) is 15.2. The SMILES string of the molecule is C[Si](C)(C)OC1[C@H](OS(C)(=O)=O)C(CO)OC(=O)[C@@H]1O[Si](C)(C)C. The van der Waals surface area contributed by atoms with Crippen LogP contribution in [-0.2, 0) is 32.7 Å². The van der Waals surface area contributed by atoms with Gasteiger partial charge in [-0.05, 0) is 39.3 Å². The number of carbonyl (C=O) groups excluding carboxylic acids is 1. The summed E-state index contributed by atoms with van der Waals surface area (Å²) in [6, 6.07) is 0. The second-order valence-corrected chi connectivity index (χ2v) is 18.3. The van der Waals surface area contributed by atoms with Gasteiger partial charge < -0.3 is 18.7 Å². The molecule has 1 saturated heterocycles. The number of hydrogen-bond acceptors (Lipinski definition) is 8. The van der Waals surface area contributed by atoms with Crippen molar-refractivity contribution in [1.29, 1.82) is 0 Å². The first-order valence-electron chi connectivity index (χ1n) is 7.68. The van der Waals surface area contributed by atoms with Gasteiger partial charge in [0.05, 0.1) is 12.9 Å². The topological polar surface area (TPSA) is 108 Å². The van der Waals surface area contributed by atoms with Gasteiger partial charge in [-0.15, -0.1) is 0 Å². The molecule has 0 aromatic carbocycles. The second-order valence-electron chi connectivity index (χ2n) is 7.77. The molecule has 2 unspecified atom stereocenters. The Balaban J connectivity index is 3.27. The minimum Gasteiger partial charge on any atom is -0.455 e. The van der Waals surface area contributed by atoms with E-state index in [1.54, 1.807) is 0 Å². The minimum atomic E-state index is -3.85. The number of esters is 1. The molecule has 8 nitrogen and oxygen atoms in total. The Morgan fingerprint density at radius 3 is 1.92 bits per heavy atom. The number of carbonyl (C=O) groups is 1. The third kappa shape index (κ3) is 6.90. The Morgan fingerprint density at radius 2 is 1.54 bits per heavy atom. The van der Waals surface area contributed by atoms with Crippen LogP contribution in [0.3, 0.4) is 0 Å². The van der Waals surface area contributed by atoms with Crippen LogP contribution >= 0.6 is 0 Å². The summed E-state index contributed by atoms with van der Waals surface area (Å²) in [5.74, 6) is -0.673. The lowest BCUT2D eigenvalue weighted by atomic mass is 10.0. The number of rotatable bonds is 7. The maximum Gasteiger partial charge on any atom is 0.337 e. The molecular weight excluding hydrogens is 372 g/mol. The molecule has 142 valence electrons. The van der Waals surface area contributed by atoms with Gasteiger partial charge in [-0.1, -0.05) is 0 Å². The molecule has 0 amide bonds. The Hall–Kier alpha value is -0.306. The van der Waals surface area contributed by atoms with E-state index in [1.165, 1.54) is 0 Å². The van der Waals surface area contributed by atoms with Crippen molar-refractivity contribution in [2.45, 2.75) is 63.7 Å².